The van der Waals surface area contributed by atoms with Gasteiger partial charge >= 0.3 is 5.97 Å². The molecule has 1 atom stereocenters. The fourth-order valence-corrected chi connectivity index (χ4v) is 3.91. The van der Waals surface area contributed by atoms with E-state index in [0.29, 0.717) is 18.5 Å². The first-order valence-electron chi connectivity index (χ1n) is 9.95. The average molecular weight is 418 g/mol. The van der Waals surface area contributed by atoms with Crippen molar-refractivity contribution in [3.8, 4) is 0 Å². The quantitative estimate of drug-likeness (QED) is 0.453. The molecule has 2 heterocycles. The number of aliphatic carboxylic acids is 1. The maximum atomic E-state index is 12.3. The Morgan fingerprint density at radius 3 is 2.61 bits per heavy atom. The molecule has 0 bridgehead atoms. The van der Waals surface area contributed by atoms with Crippen LogP contribution in [0.15, 0.2) is 65.9 Å². The van der Waals surface area contributed by atoms with Crippen LogP contribution in [0.2, 0.25) is 0 Å². The topological polar surface area (TPSA) is 104 Å². The van der Waals surface area contributed by atoms with Crippen molar-refractivity contribution in [3.63, 3.8) is 0 Å². The van der Waals surface area contributed by atoms with Crippen molar-refractivity contribution in [2.75, 3.05) is 13.1 Å². The smallest absolute Gasteiger partial charge is 0.323 e. The highest BCUT2D eigenvalue weighted by atomic mass is 16.4. The van der Waals surface area contributed by atoms with Gasteiger partial charge in [-0.25, -0.2) is 5.43 Å². The standard InChI is InChI=1S/C23H22N4O4/c28-21(14-27-12-17(10-22(27)29)16-6-2-1-3-7-16)25-24-11-18-13-26(15-23(30)31)20-9-5-4-8-19(18)20/h1-9,11,13,17H,10,12,14-15H2,(H,25,28)(H,30,31)/b24-11+. The minimum atomic E-state index is -0.943. The van der Waals surface area contributed by atoms with Crippen molar-refractivity contribution >= 4 is 34.9 Å². The molecule has 3 aromatic rings. The Balaban J connectivity index is 1.38. The number of carboxylic acid groups (broad SMARTS) is 1. The van der Waals surface area contributed by atoms with Crippen LogP contribution in [0.25, 0.3) is 10.9 Å². The van der Waals surface area contributed by atoms with E-state index in [4.69, 9.17) is 5.11 Å². The number of aromatic nitrogens is 1. The summed E-state index contributed by atoms with van der Waals surface area (Å²) in [5, 5.41) is 13.9. The highest BCUT2D eigenvalue weighted by Gasteiger charge is 2.31. The van der Waals surface area contributed by atoms with E-state index in [2.05, 4.69) is 10.5 Å². The number of likely N-dealkylation sites (tertiary alicyclic amines) is 1. The van der Waals surface area contributed by atoms with Gasteiger partial charge in [-0.2, -0.15) is 5.10 Å². The van der Waals surface area contributed by atoms with Crippen molar-refractivity contribution in [2.45, 2.75) is 18.9 Å². The zero-order valence-electron chi connectivity index (χ0n) is 16.8. The normalized spacial score (nSPS) is 16.3. The molecule has 158 valence electrons. The van der Waals surface area contributed by atoms with Crippen LogP contribution in [-0.2, 0) is 20.9 Å². The van der Waals surface area contributed by atoms with Gasteiger partial charge in [-0.15, -0.1) is 0 Å². The Hall–Kier alpha value is -3.94. The van der Waals surface area contributed by atoms with Crippen LogP contribution in [0.4, 0.5) is 0 Å². The molecule has 1 aliphatic rings. The van der Waals surface area contributed by atoms with E-state index >= 15 is 0 Å². The molecule has 4 rings (SSSR count). The molecule has 0 radical (unpaired) electrons. The molecule has 1 unspecified atom stereocenters. The maximum absolute atomic E-state index is 12.3. The Morgan fingerprint density at radius 2 is 1.84 bits per heavy atom. The predicted molar refractivity (Wildman–Crippen MR) is 116 cm³/mol. The Kier molecular flexibility index (Phi) is 5.79. The van der Waals surface area contributed by atoms with Gasteiger partial charge < -0.3 is 14.6 Å². The van der Waals surface area contributed by atoms with Gasteiger partial charge in [-0.1, -0.05) is 48.5 Å². The number of amides is 2. The molecule has 2 N–H and O–H groups in total. The van der Waals surface area contributed by atoms with Crippen LogP contribution in [0.1, 0.15) is 23.5 Å². The second-order valence-electron chi connectivity index (χ2n) is 7.50. The number of fused-ring (bicyclic) bond motifs is 1. The Morgan fingerprint density at radius 1 is 1.10 bits per heavy atom. The average Bonchev–Trinajstić information content (AvgIpc) is 3.29. The van der Waals surface area contributed by atoms with E-state index in [0.717, 1.165) is 16.5 Å². The first kappa shape index (κ1) is 20.3. The molecule has 2 aromatic carbocycles. The molecule has 1 fully saturated rings. The Bertz CT molecular complexity index is 1150. The molecule has 8 heteroatoms. The minimum absolute atomic E-state index is 0.0512. The van der Waals surface area contributed by atoms with Crippen LogP contribution < -0.4 is 5.43 Å². The van der Waals surface area contributed by atoms with Crippen molar-refractivity contribution < 1.29 is 19.5 Å². The molecule has 8 nitrogen and oxygen atoms in total. The van der Waals surface area contributed by atoms with Crippen LogP contribution in [0, 0.1) is 0 Å². The van der Waals surface area contributed by atoms with E-state index in [-0.39, 0.29) is 30.8 Å². The summed E-state index contributed by atoms with van der Waals surface area (Å²) >= 11 is 0. The summed E-state index contributed by atoms with van der Waals surface area (Å²) in [5.41, 5.74) is 5.01. The maximum Gasteiger partial charge on any atom is 0.323 e. The van der Waals surface area contributed by atoms with Crippen LogP contribution >= 0.6 is 0 Å². The summed E-state index contributed by atoms with van der Waals surface area (Å²) in [6, 6.07) is 17.2. The summed E-state index contributed by atoms with van der Waals surface area (Å²) in [6.45, 7) is 0.281. The lowest BCUT2D eigenvalue weighted by Gasteiger charge is -2.15. The second kappa shape index (κ2) is 8.83. The van der Waals surface area contributed by atoms with Gasteiger partial charge in [0.25, 0.3) is 5.91 Å². The molecule has 0 saturated carbocycles. The van der Waals surface area contributed by atoms with Gasteiger partial charge in [-0.3, -0.25) is 14.4 Å². The summed E-state index contributed by atoms with van der Waals surface area (Å²) in [5.74, 6) is -1.29. The molecule has 2 amide bonds. The van der Waals surface area contributed by atoms with E-state index in [9.17, 15) is 14.4 Å². The predicted octanol–water partition coefficient (Wildman–Crippen LogP) is 2.19. The fraction of sp³-hybridized carbons (Fsp3) is 0.217. The molecule has 1 saturated heterocycles. The van der Waals surface area contributed by atoms with E-state index in [1.54, 1.807) is 15.7 Å². The minimum Gasteiger partial charge on any atom is -0.480 e. The number of nitrogens with zero attached hydrogens (tertiary/aromatic N) is 3. The second-order valence-corrected chi connectivity index (χ2v) is 7.50. The lowest BCUT2D eigenvalue weighted by atomic mass is 9.99. The molecule has 0 aliphatic carbocycles. The van der Waals surface area contributed by atoms with Crippen LogP contribution in [0.3, 0.4) is 0 Å². The zero-order chi connectivity index (χ0) is 21.8. The van der Waals surface area contributed by atoms with Crippen molar-refractivity contribution in [1.29, 1.82) is 0 Å². The monoisotopic (exact) mass is 418 g/mol. The van der Waals surface area contributed by atoms with Gasteiger partial charge in [0.15, 0.2) is 0 Å². The summed E-state index contributed by atoms with van der Waals surface area (Å²) in [7, 11) is 0. The third-order valence-electron chi connectivity index (χ3n) is 5.34. The molecule has 1 aliphatic heterocycles. The van der Waals surface area contributed by atoms with E-state index < -0.39 is 5.97 Å². The summed E-state index contributed by atoms with van der Waals surface area (Å²) < 4.78 is 1.62. The van der Waals surface area contributed by atoms with Crippen molar-refractivity contribution in [3.05, 3.63) is 71.9 Å². The fourth-order valence-electron chi connectivity index (χ4n) is 3.91. The molecule has 31 heavy (non-hydrogen) atoms. The number of carboxylic acids is 1. The molecular weight excluding hydrogens is 396 g/mol. The molecular formula is C23H22N4O4. The number of hydrogen-bond donors (Lipinski definition) is 2. The van der Waals surface area contributed by atoms with Gasteiger partial charge in [-0.05, 0) is 11.6 Å². The molecule has 1 aromatic heterocycles. The number of hydrazone groups is 1. The van der Waals surface area contributed by atoms with Crippen LogP contribution in [0.5, 0.6) is 0 Å². The molecule has 0 spiro atoms. The van der Waals surface area contributed by atoms with Gasteiger partial charge in [0.1, 0.15) is 13.1 Å². The highest BCUT2D eigenvalue weighted by molar-refractivity contribution is 6.00. The Labute approximate surface area is 178 Å². The largest absolute Gasteiger partial charge is 0.480 e. The summed E-state index contributed by atoms with van der Waals surface area (Å²) in [6.07, 6.45) is 3.56. The lowest BCUT2D eigenvalue weighted by Crippen LogP contribution is -2.36. The number of benzene rings is 2. The third-order valence-corrected chi connectivity index (χ3v) is 5.34. The first-order chi connectivity index (χ1) is 15.0. The van der Waals surface area contributed by atoms with Gasteiger partial charge in [0, 0.05) is 41.5 Å². The van der Waals surface area contributed by atoms with Crippen molar-refractivity contribution in [1.82, 2.24) is 14.9 Å². The van der Waals surface area contributed by atoms with Crippen LogP contribution in [-0.4, -0.2) is 51.7 Å². The zero-order valence-corrected chi connectivity index (χ0v) is 16.8. The summed E-state index contributed by atoms with van der Waals surface area (Å²) in [4.78, 5) is 37.2. The van der Waals surface area contributed by atoms with Gasteiger partial charge in [0.2, 0.25) is 5.91 Å². The van der Waals surface area contributed by atoms with E-state index in [1.807, 2.05) is 54.6 Å². The van der Waals surface area contributed by atoms with E-state index in [1.165, 1.54) is 6.21 Å². The van der Waals surface area contributed by atoms with Crippen molar-refractivity contribution in [2.24, 2.45) is 5.10 Å². The third kappa shape index (κ3) is 4.63. The number of nitrogens with one attached hydrogen (secondary N) is 1. The first-order valence-corrected chi connectivity index (χ1v) is 9.95. The number of hydrogen-bond acceptors (Lipinski definition) is 4. The van der Waals surface area contributed by atoms with Gasteiger partial charge in [0.05, 0.1) is 6.21 Å². The number of carbonyl (C=O) groups is 3. The highest BCUT2D eigenvalue weighted by Crippen LogP contribution is 2.27. The number of rotatable bonds is 7. The lowest BCUT2D eigenvalue weighted by molar-refractivity contribution is -0.137. The SMILES string of the molecule is O=C(O)Cn1cc(/C=N/NC(=O)CN2CC(c3ccccc3)CC2=O)c2ccccc21. The number of carbonyl (C=O) groups excluding carboxylic acids is 2. The number of para-hydroxylation sites is 1.